The highest BCUT2D eigenvalue weighted by molar-refractivity contribution is 5.38. The van der Waals surface area contributed by atoms with Gasteiger partial charge in [-0.15, -0.1) is 0 Å². The fraction of sp³-hybridized carbons (Fsp3) is 0.450. The van der Waals surface area contributed by atoms with Gasteiger partial charge in [0, 0.05) is 5.92 Å². The van der Waals surface area contributed by atoms with Gasteiger partial charge in [-0.25, -0.2) is 0 Å². The molecular formula is C40H56O. The Balaban J connectivity index is 1.89. The van der Waals surface area contributed by atoms with E-state index in [2.05, 4.69) is 160 Å². The van der Waals surface area contributed by atoms with Gasteiger partial charge in [0.05, 0.1) is 6.10 Å². The van der Waals surface area contributed by atoms with Gasteiger partial charge in [0.2, 0.25) is 0 Å². The second-order valence-electron chi connectivity index (χ2n) is 13.5. The number of aliphatic hydroxyl groups is 1. The molecule has 0 fully saturated rings. The van der Waals surface area contributed by atoms with E-state index >= 15 is 0 Å². The summed E-state index contributed by atoms with van der Waals surface area (Å²) in [6.07, 6.45) is 36.6. The molecule has 0 aromatic rings. The highest BCUT2D eigenvalue weighted by atomic mass is 16.3. The molecule has 1 nitrogen and oxygen atoms in total. The Kier molecular flexibility index (Phi) is 13.3. The summed E-state index contributed by atoms with van der Waals surface area (Å²) >= 11 is 0. The Labute approximate surface area is 252 Å². The monoisotopic (exact) mass is 552 g/mol. The first-order valence-electron chi connectivity index (χ1n) is 15.3. The zero-order valence-corrected chi connectivity index (χ0v) is 27.6. The lowest BCUT2D eigenvalue weighted by molar-refractivity contribution is 0.116. The summed E-state index contributed by atoms with van der Waals surface area (Å²) in [6, 6.07) is 0. The van der Waals surface area contributed by atoms with Crippen molar-refractivity contribution in [2.75, 3.05) is 0 Å². The summed E-state index contributed by atoms with van der Waals surface area (Å²) in [4.78, 5) is 0. The topological polar surface area (TPSA) is 20.2 Å². The van der Waals surface area contributed by atoms with E-state index in [1.807, 2.05) is 0 Å². The van der Waals surface area contributed by atoms with Crippen molar-refractivity contribution in [3.8, 4) is 0 Å². The van der Waals surface area contributed by atoms with Crippen LogP contribution in [0.2, 0.25) is 0 Å². The van der Waals surface area contributed by atoms with Crippen molar-refractivity contribution in [1.82, 2.24) is 0 Å². The van der Waals surface area contributed by atoms with Crippen LogP contribution in [0.1, 0.15) is 94.9 Å². The molecule has 0 aromatic heterocycles. The molecule has 222 valence electrons. The predicted molar refractivity (Wildman–Crippen MR) is 183 cm³/mol. The average Bonchev–Trinajstić information content (AvgIpc) is 2.84. The van der Waals surface area contributed by atoms with Crippen LogP contribution in [0.5, 0.6) is 0 Å². The summed E-state index contributed by atoms with van der Waals surface area (Å²) in [5.74, 6) is 0.524. The lowest BCUT2D eigenvalue weighted by Crippen LogP contribution is -2.28. The van der Waals surface area contributed by atoms with E-state index in [0.717, 1.165) is 12.8 Å². The predicted octanol–water partition coefficient (Wildman–Crippen LogP) is 11.4. The van der Waals surface area contributed by atoms with Gasteiger partial charge in [0.1, 0.15) is 0 Å². The van der Waals surface area contributed by atoms with Gasteiger partial charge < -0.3 is 5.11 Å². The van der Waals surface area contributed by atoms with Gasteiger partial charge in [-0.2, -0.15) is 0 Å². The van der Waals surface area contributed by atoms with Crippen LogP contribution >= 0.6 is 0 Å². The first-order chi connectivity index (χ1) is 19.2. The Bertz CT molecular complexity index is 1240. The van der Waals surface area contributed by atoms with Crippen molar-refractivity contribution in [1.29, 1.82) is 0 Å². The van der Waals surface area contributed by atoms with E-state index in [-0.39, 0.29) is 11.5 Å². The molecule has 41 heavy (non-hydrogen) atoms. The van der Waals surface area contributed by atoms with Crippen molar-refractivity contribution in [2.45, 2.75) is 101 Å². The molecule has 0 saturated carbocycles. The van der Waals surface area contributed by atoms with Gasteiger partial charge in [-0.1, -0.05) is 152 Å². The van der Waals surface area contributed by atoms with Crippen LogP contribution < -0.4 is 0 Å². The quantitative estimate of drug-likeness (QED) is 0.211. The first-order valence-corrected chi connectivity index (χ1v) is 15.3. The molecule has 0 heterocycles. The maximum atomic E-state index is 10.1. The summed E-state index contributed by atoms with van der Waals surface area (Å²) in [5, 5.41) is 10.1. The van der Waals surface area contributed by atoms with Gasteiger partial charge >= 0.3 is 0 Å². The fourth-order valence-corrected chi connectivity index (χ4v) is 5.97. The molecule has 0 radical (unpaired) electrons. The van der Waals surface area contributed by atoms with Crippen LogP contribution in [0.25, 0.3) is 0 Å². The molecule has 1 N–H and O–H groups in total. The van der Waals surface area contributed by atoms with E-state index in [1.54, 1.807) is 0 Å². The van der Waals surface area contributed by atoms with Crippen LogP contribution in [0, 0.1) is 16.7 Å². The standard InChI is InChI=1S/C40H56O/c1-30(18-13-20-32(3)23-25-37-34(5)22-15-27-39(37,7)8)16-11-12-17-31(2)19-14-21-33(4)24-26-38-35(6)28-36(41)29-40(38,9)10/h11-14,16-26,36-37,41H,15,27-29H2,1-10H3/b12-11+,18-13+,19-14+,25-23+,26-24+,30-16+,31-17+,32-20+,33-21+/t36-,37-/m0/s1. The number of rotatable bonds is 10. The molecule has 2 aliphatic rings. The molecule has 1 heteroatoms. The minimum Gasteiger partial charge on any atom is -0.393 e. The lowest BCUT2D eigenvalue weighted by atomic mass is 9.68. The Hall–Kier alpha value is -2.90. The van der Waals surface area contributed by atoms with E-state index < -0.39 is 0 Å². The van der Waals surface area contributed by atoms with E-state index in [9.17, 15) is 5.11 Å². The number of hydrogen-bond donors (Lipinski definition) is 1. The minimum absolute atomic E-state index is 0.0126. The van der Waals surface area contributed by atoms with Crippen LogP contribution in [0.3, 0.4) is 0 Å². The largest absolute Gasteiger partial charge is 0.393 e. The normalized spacial score (nSPS) is 25.1. The van der Waals surface area contributed by atoms with Crippen LogP contribution in [-0.2, 0) is 0 Å². The van der Waals surface area contributed by atoms with Crippen molar-refractivity contribution in [3.63, 3.8) is 0 Å². The molecule has 2 rings (SSSR count). The molecule has 2 atom stereocenters. The maximum Gasteiger partial charge on any atom is 0.0585 e. The third-order valence-electron chi connectivity index (χ3n) is 8.39. The zero-order chi connectivity index (χ0) is 30.6. The Morgan fingerprint density at radius 1 is 0.756 bits per heavy atom. The molecule has 0 aromatic carbocycles. The molecule has 0 saturated heterocycles. The van der Waals surface area contributed by atoms with Gasteiger partial charge in [0.25, 0.3) is 0 Å². The second kappa shape index (κ2) is 15.9. The summed E-state index contributed by atoms with van der Waals surface area (Å²) < 4.78 is 0. The van der Waals surface area contributed by atoms with Crippen LogP contribution in [-0.4, -0.2) is 11.2 Å². The molecular weight excluding hydrogens is 496 g/mol. The number of allylic oxidation sites excluding steroid dienone is 21. The van der Waals surface area contributed by atoms with Crippen molar-refractivity contribution in [2.24, 2.45) is 16.7 Å². The van der Waals surface area contributed by atoms with Crippen molar-refractivity contribution < 1.29 is 5.11 Å². The van der Waals surface area contributed by atoms with Crippen molar-refractivity contribution >= 4 is 0 Å². The van der Waals surface area contributed by atoms with E-state index in [0.29, 0.717) is 11.3 Å². The van der Waals surface area contributed by atoms with Crippen molar-refractivity contribution in [3.05, 3.63) is 130 Å². The Morgan fingerprint density at radius 2 is 1.27 bits per heavy atom. The molecule has 0 unspecified atom stereocenters. The molecule has 0 amide bonds. The van der Waals surface area contributed by atoms with Crippen LogP contribution in [0.15, 0.2) is 130 Å². The minimum atomic E-state index is -0.221. The van der Waals surface area contributed by atoms with E-state index in [4.69, 9.17) is 0 Å². The van der Waals surface area contributed by atoms with Gasteiger partial charge in [-0.05, 0) is 83.6 Å². The number of aliphatic hydroxyl groups excluding tert-OH is 1. The summed E-state index contributed by atoms with van der Waals surface area (Å²) in [7, 11) is 0. The van der Waals surface area contributed by atoms with Gasteiger partial charge in [-0.3, -0.25) is 0 Å². The summed E-state index contributed by atoms with van der Waals surface area (Å²) in [6.45, 7) is 22.2. The lowest BCUT2D eigenvalue weighted by Gasteiger charge is -2.36. The first kappa shape index (κ1) is 34.3. The van der Waals surface area contributed by atoms with Gasteiger partial charge in [0.15, 0.2) is 0 Å². The molecule has 0 bridgehead atoms. The molecule has 2 aliphatic carbocycles. The van der Waals surface area contributed by atoms with Crippen LogP contribution in [0.4, 0.5) is 0 Å². The average molecular weight is 553 g/mol. The maximum absolute atomic E-state index is 10.1. The third kappa shape index (κ3) is 11.9. The molecule has 0 aliphatic heterocycles. The highest BCUT2D eigenvalue weighted by Gasteiger charge is 2.31. The second-order valence-corrected chi connectivity index (χ2v) is 13.5. The molecule has 0 spiro atoms. The third-order valence-corrected chi connectivity index (χ3v) is 8.39. The number of hydrogen-bond acceptors (Lipinski definition) is 1. The summed E-state index contributed by atoms with van der Waals surface area (Å²) in [5.41, 5.74) is 9.40. The fourth-order valence-electron chi connectivity index (χ4n) is 5.97. The smallest absolute Gasteiger partial charge is 0.0585 e. The zero-order valence-electron chi connectivity index (χ0n) is 27.6. The SMILES string of the molecule is CC1=CCCC(C)(C)[C@H]1/C=C/C(C)=C/C=C/C(C)=C/C=C/C=C(C)/C=C/C=C(C)/C=C/C1=C(C)C[C@H](O)CC1(C)C. The highest BCUT2D eigenvalue weighted by Crippen LogP contribution is 2.42. The Morgan fingerprint density at radius 3 is 1.80 bits per heavy atom. The van der Waals surface area contributed by atoms with E-state index in [1.165, 1.54) is 51.9 Å².